The molecule has 0 amide bonds. The van der Waals surface area contributed by atoms with E-state index in [1.54, 1.807) is 11.3 Å². The summed E-state index contributed by atoms with van der Waals surface area (Å²) in [5.74, 6) is 0. The summed E-state index contributed by atoms with van der Waals surface area (Å²) in [6, 6.07) is 4.19. The normalized spacial score (nSPS) is 12.5. The Kier molecular flexibility index (Phi) is 3.79. The van der Waals surface area contributed by atoms with E-state index in [0.29, 0.717) is 0 Å². The maximum absolute atomic E-state index is 4.44. The first-order chi connectivity index (χ1) is 8.06. The van der Waals surface area contributed by atoms with Crippen LogP contribution in [0.3, 0.4) is 0 Å². The van der Waals surface area contributed by atoms with Crippen molar-refractivity contribution in [2.75, 3.05) is 5.32 Å². The number of halogens is 1. The Morgan fingerprint density at radius 1 is 1.35 bits per heavy atom. The largest absolute Gasteiger partial charge is 0.376 e. The highest BCUT2D eigenvalue weighted by atomic mass is 79.9. The van der Waals surface area contributed by atoms with Gasteiger partial charge >= 0.3 is 0 Å². The Morgan fingerprint density at radius 2 is 2.12 bits per heavy atom. The molecule has 0 bridgehead atoms. The summed E-state index contributed by atoms with van der Waals surface area (Å²) in [5.41, 5.74) is 2.13. The standard InChI is InChI=1S/C12H14BrN3S/c1-7-12(17-9(3)15-7)8(2)16-10-4-5-11(13)14-6-10/h4-6,8,16H,1-3H3. The average Bonchev–Trinajstić information content (AvgIpc) is 2.61. The molecule has 1 atom stereocenters. The van der Waals surface area contributed by atoms with Gasteiger partial charge in [0.15, 0.2) is 0 Å². The van der Waals surface area contributed by atoms with Gasteiger partial charge in [0.1, 0.15) is 4.60 Å². The van der Waals surface area contributed by atoms with Crippen LogP contribution in [0.2, 0.25) is 0 Å². The Bertz CT molecular complexity index is 507. The summed E-state index contributed by atoms with van der Waals surface area (Å²) in [6.45, 7) is 6.23. The molecule has 2 aromatic heterocycles. The van der Waals surface area contributed by atoms with Crippen LogP contribution in [-0.4, -0.2) is 9.97 Å². The van der Waals surface area contributed by atoms with E-state index in [4.69, 9.17) is 0 Å². The van der Waals surface area contributed by atoms with Crippen LogP contribution in [0.1, 0.15) is 28.5 Å². The number of nitrogens with one attached hydrogen (secondary N) is 1. The predicted molar refractivity (Wildman–Crippen MR) is 75.6 cm³/mol. The fourth-order valence-electron chi connectivity index (χ4n) is 1.73. The monoisotopic (exact) mass is 311 g/mol. The molecule has 0 aliphatic carbocycles. The fourth-order valence-corrected chi connectivity index (χ4v) is 2.89. The number of hydrogen-bond donors (Lipinski definition) is 1. The number of aryl methyl sites for hydroxylation is 2. The molecular formula is C12H14BrN3S. The molecule has 1 N–H and O–H groups in total. The third kappa shape index (κ3) is 3.04. The van der Waals surface area contributed by atoms with Gasteiger partial charge in [-0.1, -0.05) is 0 Å². The van der Waals surface area contributed by atoms with Crippen LogP contribution in [0.15, 0.2) is 22.9 Å². The minimum absolute atomic E-state index is 0.254. The second kappa shape index (κ2) is 5.14. The topological polar surface area (TPSA) is 37.8 Å². The molecule has 2 heterocycles. The smallest absolute Gasteiger partial charge is 0.106 e. The second-order valence-electron chi connectivity index (χ2n) is 3.92. The van der Waals surface area contributed by atoms with Gasteiger partial charge in [-0.25, -0.2) is 9.97 Å². The molecule has 0 fully saturated rings. The maximum atomic E-state index is 4.44. The summed E-state index contributed by atoms with van der Waals surface area (Å²) in [6.07, 6.45) is 1.82. The molecule has 1 unspecified atom stereocenters. The number of rotatable bonds is 3. The molecule has 90 valence electrons. The molecule has 17 heavy (non-hydrogen) atoms. The van der Waals surface area contributed by atoms with E-state index in [1.165, 1.54) is 4.88 Å². The molecular weight excluding hydrogens is 298 g/mol. The molecule has 2 aromatic rings. The van der Waals surface area contributed by atoms with Crippen molar-refractivity contribution < 1.29 is 0 Å². The number of anilines is 1. The van der Waals surface area contributed by atoms with Gasteiger partial charge in [0.05, 0.1) is 28.6 Å². The molecule has 0 aromatic carbocycles. The first-order valence-electron chi connectivity index (χ1n) is 5.38. The number of pyridine rings is 1. The molecule has 3 nitrogen and oxygen atoms in total. The summed E-state index contributed by atoms with van der Waals surface area (Å²) in [4.78, 5) is 9.92. The van der Waals surface area contributed by atoms with Crippen LogP contribution < -0.4 is 5.32 Å². The summed E-state index contributed by atoms with van der Waals surface area (Å²) in [5, 5.41) is 4.54. The Labute approximate surface area is 113 Å². The highest BCUT2D eigenvalue weighted by molar-refractivity contribution is 9.10. The van der Waals surface area contributed by atoms with Gasteiger partial charge in [0.2, 0.25) is 0 Å². The summed E-state index contributed by atoms with van der Waals surface area (Å²) in [7, 11) is 0. The third-order valence-corrected chi connectivity index (χ3v) is 4.17. The lowest BCUT2D eigenvalue weighted by molar-refractivity contribution is 0.887. The van der Waals surface area contributed by atoms with Gasteiger partial charge in [-0.3, -0.25) is 0 Å². The van der Waals surface area contributed by atoms with E-state index in [0.717, 1.165) is 21.0 Å². The van der Waals surface area contributed by atoms with Crippen LogP contribution >= 0.6 is 27.3 Å². The Morgan fingerprint density at radius 3 is 2.65 bits per heavy atom. The van der Waals surface area contributed by atoms with Crippen molar-refractivity contribution in [3.63, 3.8) is 0 Å². The van der Waals surface area contributed by atoms with Crippen molar-refractivity contribution in [1.29, 1.82) is 0 Å². The highest BCUT2D eigenvalue weighted by Crippen LogP contribution is 2.27. The van der Waals surface area contributed by atoms with E-state index >= 15 is 0 Å². The van der Waals surface area contributed by atoms with Crippen molar-refractivity contribution in [3.05, 3.63) is 38.5 Å². The van der Waals surface area contributed by atoms with Crippen molar-refractivity contribution in [1.82, 2.24) is 9.97 Å². The highest BCUT2D eigenvalue weighted by Gasteiger charge is 2.12. The zero-order valence-electron chi connectivity index (χ0n) is 9.99. The maximum Gasteiger partial charge on any atom is 0.106 e. The molecule has 0 aliphatic rings. The molecule has 0 saturated carbocycles. The van der Waals surface area contributed by atoms with Gasteiger partial charge in [-0.15, -0.1) is 11.3 Å². The molecule has 0 spiro atoms. The van der Waals surface area contributed by atoms with Gasteiger partial charge in [0.25, 0.3) is 0 Å². The first kappa shape index (κ1) is 12.5. The average molecular weight is 312 g/mol. The molecule has 0 radical (unpaired) electrons. The van der Waals surface area contributed by atoms with Gasteiger partial charge in [-0.05, 0) is 48.8 Å². The minimum atomic E-state index is 0.254. The van der Waals surface area contributed by atoms with Crippen LogP contribution in [-0.2, 0) is 0 Å². The van der Waals surface area contributed by atoms with Crippen LogP contribution in [0.4, 0.5) is 5.69 Å². The molecule has 5 heteroatoms. The lowest BCUT2D eigenvalue weighted by Gasteiger charge is -2.13. The number of hydrogen-bond acceptors (Lipinski definition) is 4. The zero-order valence-corrected chi connectivity index (χ0v) is 12.4. The number of thiazole rings is 1. The predicted octanol–water partition coefficient (Wildman–Crippen LogP) is 4.09. The quantitative estimate of drug-likeness (QED) is 0.868. The lowest BCUT2D eigenvalue weighted by Crippen LogP contribution is -2.06. The van der Waals surface area contributed by atoms with Crippen molar-refractivity contribution >= 4 is 33.0 Å². The Balaban J connectivity index is 2.14. The first-order valence-corrected chi connectivity index (χ1v) is 6.99. The van der Waals surface area contributed by atoms with Crippen LogP contribution in [0.5, 0.6) is 0 Å². The molecule has 0 saturated heterocycles. The van der Waals surface area contributed by atoms with E-state index in [-0.39, 0.29) is 6.04 Å². The van der Waals surface area contributed by atoms with Crippen LogP contribution in [0.25, 0.3) is 0 Å². The number of aromatic nitrogens is 2. The van der Waals surface area contributed by atoms with Crippen LogP contribution in [0, 0.1) is 13.8 Å². The lowest BCUT2D eigenvalue weighted by atomic mass is 10.2. The Hall–Kier alpha value is -0.940. The van der Waals surface area contributed by atoms with Crippen molar-refractivity contribution in [3.8, 4) is 0 Å². The SMILES string of the molecule is Cc1nc(C)c(C(C)Nc2ccc(Br)nc2)s1. The van der Waals surface area contributed by atoms with E-state index < -0.39 is 0 Å². The van der Waals surface area contributed by atoms with Crippen molar-refractivity contribution in [2.45, 2.75) is 26.8 Å². The zero-order chi connectivity index (χ0) is 12.4. The van der Waals surface area contributed by atoms with E-state index in [1.807, 2.05) is 25.3 Å². The van der Waals surface area contributed by atoms with Gasteiger partial charge in [0, 0.05) is 4.88 Å². The van der Waals surface area contributed by atoms with Crippen molar-refractivity contribution in [2.24, 2.45) is 0 Å². The van der Waals surface area contributed by atoms with E-state index in [2.05, 4.69) is 45.1 Å². The van der Waals surface area contributed by atoms with E-state index in [9.17, 15) is 0 Å². The minimum Gasteiger partial charge on any atom is -0.376 e. The van der Waals surface area contributed by atoms with Gasteiger partial charge < -0.3 is 5.32 Å². The molecule has 0 aliphatic heterocycles. The summed E-state index contributed by atoms with van der Waals surface area (Å²) >= 11 is 5.07. The number of nitrogens with zero attached hydrogens (tertiary/aromatic N) is 2. The summed E-state index contributed by atoms with van der Waals surface area (Å²) < 4.78 is 0.848. The second-order valence-corrected chi connectivity index (χ2v) is 5.97. The van der Waals surface area contributed by atoms with Gasteiger partial charge in [-0.2, -0.15) is 0 Å². The molecule has 2 rings (SSSR count). The fraction of sp³-hybridized carbons (Fsp3) is 0.333. The third-order valence-electron chi connectivity index (χ3n) is 2.44.